The van der Waals surface area contributed by atoms with Gasteiger partial charge in [-0.2, -0.15) is 0 Å². The van der Waals surface area contributed by atoms with Gasteiger partial charge in [-0.05, 0) is 48.4 Å². The second-order valence-corrected chi connectivity index (χ2v) is 7.87. The number of hydrogen-bond donors (Lipinski definition) is 3. The Morgan fingerprint density at radius 3 is 2.39 bits per heavy atom. The van der Waals surface area contributed by atoms with Crippen LogP contribution in [0.3, 0.4) is 0 Å². The third kappa shape index (κ3) is 7.15. The molecule has 1 fully saturated rings. The highest BCUT2D eigenvalue weighted by molar-refractivity contribution is 6.30. The molecule has 1 atom stereocenters. The number of anilines is 2. The molecule has 0 unspecified atom stereocenters. The largest absolute Gasteiger partial charge is 0.378 e. The Kier molecular flexibility index (Phi) is 8.55. The van der Waals surface area contributed by atoms with Crippen LogP contribution in [0.15, 0.2) is 48.5 Å². The molecule has 1 aliphatic rings. The van der Waals surface area contributed by atoms with Crippen molar-refractivity contribution in [2.24, 2.45) is 0 Å². The molecule has 0 aliphatic carbocycles. The van der Waals surface area contributed by atoms with Crippen molar-refractivity contribution < 1.29 is 14.3 Å². The Hall–Kier alpha value is -2.77. The normalized spacial score (nSPS) is 14.6. The van der Waals surface area contributed by atoms with Crippen LogP contribution in [0.4, 0.5) is 16.2 Å². The van der Waals surface area contributed by atoms with Crippen molar-refractivity contribution in [1.82, 2.24) is 10.6 Å². The van der Waals surface area contributed by atoms with Gasteiger partial charge in [0.25, 0.3) is 0 Å². The average molecular weight is 445 g/mol. The summed E-state index contributed by atoms with van der Waals surface area (Å²) in [6.07, 6.45) is 1.32. The van der Waals surface area contributed by atoms with Crippen LogP contribution in [0.1, 0.15) is 25.3 Å². The zero-order chi connectivity index (χ0) is 22.1. The predicted octanol–water partition coefficient (Wildman–Crippen LogP) is 3.78. The summed E-state index contributed by atoms with van der Waals surface area (Å²) in [5.74, 6) is -0.203. The number of urea groups is 1. The molecule has 3 rings (SSSR count). The molecule has 0 bridgehead atoms. The summed E-state index contributed by atoms with van der Waals surface area (Å²) in [6.45, 7) is 5.65. The fourth-order valence-electron chi connectivity index (χ4n) is 3.37. The van der Waals surface area contributed by atoms with E-state index in [1.807, 2.05) is 19.1 Å². The van der Waals surface area contributed by atoms with E-state index in [1.165, 1.54) is 0 Å². The topological polar surface area (TPSA) is 82.7 Å². The number of nitrogens with zero attached hydrogens (tertiary/aromatic N) is 1. The Labute approximate surface area is 188 Å². The van der Waals surface area contributed by atoms with E-state index in [4.69, 9.17) is 16.3 Å². The molecule has 0 saturated carbocycles. The minimum absolute atomic E-state index is 0.203. The average Bonchev–Trinajstić information content (AvgIpc) is 2.79. The lowest BCUT2D eigenvalue weighted by molar-refractivity contribution is -0.123. The monoisotopic (exact) mass is 444 g/mol. The van der Waals surface area contributed by atoms with Crippen LogP contribution < -0.4 is 20.9 Å². The molecule has 3 N–H and O–H groups in total. The van der Waals surface area contributed by atoms with E-state index < -0.39 is 12.1 Å². The molecular formula is C23H29ClN4O3. The first-order chi connectivity index (χ1) is 15.0. The van der Waals surface area contributed by atoms with E-state index in [9.17, 15) is 9.59 Å². The van der Waals surface area contributed by atoms with E-state index in [1.54, 1.807) is 24.3 Å². The van der Waals surface area contributed by atoms with Crippen molar-refractivity contribution in [3.63, 3.8) is 0 Å². The standard InChI is InChI=1S/C23H29ClN4O3/c1-2-3-21(27-23(30)26-19-8-6-18(24)7-9-19)22(29)25-16-17-4-10-20(11-5-17)28-12-14-31-15-13-28/h4-11,21H,2-3,12-16H2,1H3,(H,25,29)(H2,26,27,30)/t21-/m0/s1. The van der Waals surface area contributed by atoms with Crippen molar-refractivity contribution in [2.45, 2.75) is 32.4 Å². The summed E-state index contributed by atoms with van der Waals surface area (Å²) < 4.78 is 5.39. The van der Waals surface area contributed by atoms with Gasteiger partial charge in [0.15, 0.2) is 0 Å². The molecule has 1 heterocycles. The van der Waals surface area contributed by atoms with Crippen LogP contribution in [0.25, 0.3) is 0 Å². The predicted molar refractivity (Wildman–Crippen MR) is 124 cm³/mol. The van der Waals surface area contributed by atoms with E-state index in [0.29, 0.717) is 23.7 Å². The number of carbonyl (C=O) groups is 2. The van der Waals surface area contributed by atoms with Crippen LogP contribution in [0, 0.1) is 0 Å². The smallest absolute Gasteiger partial charge is 0.319 e. The molecule has 7 nitrogen and oxygen atoms in total. The van der Waals surface area contributed by atoms with Gasteiger partial charge in [-0.15, -0.1) is 0 Å². The summed E-state index contributed by atoms with van der Waals surface area (Å²) >= 11 is 5.86. The van der Waals surface area contributed by atoms with E-state index in [2.05, 4.69) is 33.0 Å². The number of nitrogens with one attached hydrogen (secondary N) is 3. The first kappa shape index (κ1) is 22.9. The Balaban J connectivity index is 1.50. The summed E-state index contributed by atoms with van der Waals surface area (Å²) in [7, 11) is 0. The highest BCUT2D eigenvalue weighted by Gasteiger charge is 2.20. The van der Waals surface area contributed by atoms with Gasteiger partial charge < -0.3 is 25.6 Å². The number of amides is 3. The number of ether oxygens (including phenoxy) is 1. The lowest BCUT2D eigenvalue weighted by Crippen LogP contribution is -2.47. The molecule has 0 aromatic heterocycles. The van der Waals surface area contributed by atoms with Crippen LogP contribution in [-0.2, 0) is 16.1 Å². The first-order valence-electron chi connectivity index (χ1n) is 10.6. The number of benzene rings is 2. The number of halogens is 1. The van der Waals surface area contributed by atoms with Gasteiger partial charge in [-0.25, -0.2) is 4.79 Å². The highest BCUT2D eigenvalue weighted by atomic mass is 35.5. The van der Waals surface area contributed by atoms with Gasteiger partial charge in [0.05, 0.1) is 13.2 Å². The lowest BCUT2D eigenvalue weighted by atomic mass is 10.1. The van der Waals surface area contributed by atoms with Gasteiger partial charge in [-0.1, -0.05) is 37.1 Å². The van der Waals surface area contributed by atoms with Crippen LogP contribution in [0.2, 0.25) is 5.02 Å². The van der Waals surface area contributed by atoms with Gasteiger partial charge in [0.1, 0.15) is 6.04 Å². The van der Waals surface area contributed by atoms with Crippen molar-refractivity contribution in [3.05, 3.63) is 59.1 Å². The fraction of sp³-hybridized carbons (Fsp3) is 0.391. The van der Waals surface area contributed by atoms with Gasteiger partial charge in [0, 0.05) is 36.0 Å². The molecule has 1 saturated heterocycles. The van der Waals surface area contributed by atoms with E-state index in [-0.39, 0.29) is 5.91 Å². The summed E-state index contributed by atoms with van der Waals surface area (Å²) in [6, 6.07) is 13.9. The summed E-state index contributed by atoms with van der Waals surface area (Å²) in [4.78, 5) is 27.2. The number of carbonyl (C=O) groups excluding carboxylic acids is 2. The quantitative estimate of drug-likeness (QED) is 0.578. The zero-order valence-corrected chi connectivity index (χ0v) is 18.5. The molecule has 1 aliphatic heterocycles. The van der Waals surface area contributed by atoms with Gasteiger partial charge in [-0.3, -0.25) is 4.79 Å². The molecular weight excluding hydrogens is 416 g/mol. The molecule has 166 valence electrons. The lowest BCUT2D eigenvalue weighted by Gasteiger charge is -2.29. The third-order valence-electron chi connectivity index (χ3n) is 5.08. The maximum Gasteiger partial charge on any atom is 0.319 e. The zero-order valence-electron chi connectivity index (χ0n) is 17.7. The third-order valence-corrected chi connectivity index (χ3v) is 5.33. The Morgan fingerprint density at radius 1 is 1.06 bits per heavy atom. The highest BCUT2D eigenvalue weighted by Crippen LogP contribution is 2.17. The van der Waals surface area contributed by atoms with Crippen molar-refractivity contribution in [2.75, 3.05) is 36.5 Å². The van der Waals surface area contributed by atoms with Crippen LogP contribution in [-0.4, -0.2) is 44.3 Å². The van der Waals surface area contributed by atoms with Crippen molar-refractivity contribution >= 4 is 34.9 Å². The van der Waals surface area contributed by atoms with E-state index >= 15 is 0 Å². The van der Waals surface area contributed by atoms with Crippen molar-refractivity contribution in [3.8, 4) is 0 Å². The van der Waals surface area contributed by atoms with Gasteiger partial charge in [0.2, 0.25) is 5.91 Å². The SMILES string of the molecule is CCC[C@H](NC(=O)Nc1ccc(Cl)cc1)C(=O)NCc1ccc(N2CCOCC2)cc1. The minimum atomic E-state index is -0.607. The van der Waals surface area contributed by atoms with Gasteiger partial charge >= 0.3 is 6.03 Å². The second-order valence-electron chi connectivity index (χ2n) is 7.43. The Bertz CT molecular complexity index is 852. The molecule has 0 spiro atoms. The van der Waals surface area contributed by atoms with Crippen LogP contribution in [0.5, 0.6) is 0 Å². The molecule has 31 heavy (non-hydrogen) atoms. The number of morpholine rings is 1. The number of hydrogen-bond acceptors (Lipinski definition) is 4. The summed E-state index contributed by atoms with van der Waals surface area (Å²) in [5, 5.41) is 8.99. The minimum Gasteiger partial charge on any atom is -0.378 e. The molecule has 0 radical (unpaired) electrons. The molecule has 2 aromatic rings. The maximum absolute atomic E-state index is 12.7. The molecule has 8 heteroatoms. The van der Waals surface area contributed by atoms with E-state index in [0.717, 1.165) is 44.0 Å². The fourth-order valence-corrected chi connectivity index (χ4v) is 3.50. The Morgan fingerprint density at radius 2 is 1.74 bits per heavy atom. The second kappa shape index (κ2) is 11.6. The number of rotatable bonds is 8. The van der Waals surface area contributed by atoms with Crippen LogP contribution >= 0.6 is 11.6 Å². The maximum atomic E-state index is 12.7. The molecule has 2 aromatic carbocycles. The first-order valence-corrected chi connectivity index (χ1v) is 11.0. The molecule has 3 amide bonds. The van der Waals surface area contributed by atoms with Crippen molar-refractivity contribution in [1.29, 1.82) is 0 Å². The summed E-state index contributed by atoms with van der Waals surface area (Å²) in [5.41, 5.74) is 2.77.